The van der Waals surface area contributed by atoms with Gasteiger partial charge in [-0.3, -0.25) is 13.9 Å². The van der Waals surface area contributed by atoms with Crippen molar-refractivity contribution in [3.8, 4) is 5.75 Å². The zero-order valence-corrected chi connectivity index (χ0v) is 29.1. The van der Waals surface area contributed by atoms with Crippen LogP contribution in [0.2, 0.25) is 10.0 Å². The van der Waals surface area contributed by atoms with E-state index in [0.717, 1.165) is 42.0 Å². The number of para-hydroxylation sites is 1. The monoisotopic (exact) mass is 707 g/mol. The van der Waals surface area contributed by atoms with E-state index >= 15 is 0 Å². The van der Waals surface area contributed by atoms with Crippen molar-refractivity contribution in [3.05, 3.63) is 124 Å². The summed E-state index contributed by atoms with van der Waals surface area (Å²) in [5, 5.41) is 3.86. The Balaban J connectivity index is 1.57. The number of benzene rings is 4. The van der Waals surface area contributed by atoms with Crippen LogP contribution in [-0.4, -0.2) is 50.9 Å². The van der Waals surface area contributed by atoms with E-state index in [-0.39, 0.29) is 29.8 Å². The molecule has 1 fully saturated rings. The SMILES string of the molecule is COc1ccc(S(=O)(=O)N(CC(=O)N(Cc2c(Cl)cccc2Cl)C(Cc2ccccc2)C(=O)NC2CCCCC2)c2ccccc2)cc1. The summed E-state index contributed by atoms with van der Waals surface area (Å²) in [6.07, 6.45) is 5.06. The van der Waals surface area contributed by atoms with Gasteiger partial charge in [0.2, 0.25) is 11.8 Å². The summed E-state index contributed by atoms with van der Waals surface area (Å²) in [5.41, 5.74) is 1.60. The van der Waals surface area contributed by atoms with Gasteiger partial charge in [0.05, 0.1) is 17.7 Å². The van der Waals surface area contributed by atoms with Crippen molar-refractivity contribution in [1.82, 2.24) is 10.2 Å². The average Bonchev–Trinajstić information content (AvgIpc) is 3.11. The lowest BCUT2D eigenvalue weighted by molar-refractivity contribution is -0.140. The molecule has 0 aromatic heterocycles. The number of amides is 2. The number of hydrogen-bond donors (Lipinski definition) is 1. The highest BCUT2D eigenvalue weighted by Crippen LogP contribution is 2.30. The largest absolute Gasteiger partial charge is 0.497 e. The molecule has 48 heavy (non-hydrogen) atoms. The molecular weight excluding hydrogens is 669 g/mol. The summed E-state index contributed by atoms with van der Waals surface area (Å²) in [5.74, 6) is -0.412. The average molecular weight is 709 g/mol. The van der Waals surface area contributed by atoms with Crippen LogP contribution in [0.25, 0.3) is 0 Å². The van der Waals surface area contributed by atoms with Crippen LogP contribution >= 0.6 is 23.2 Å². The van der Waals surface area contributed by atoms with Crippen molar-refractivity contribution in [3.63, 3.8) is 0 Å². The van der Waals surface area contributed by atoms with E-state index in [2.05, 4.69) is 5.32 Å². The third kappa shape index (κ3) is 8.69. The van der Waals surface area contributed by atoms with Gasteiger partial charge in [0.1, 0.15) is 18.3 Å². The number of nitrogens with zero attached hydrogens (tertiary/aromatic N) is 2. The zero-order valence-electron chi connectivity index (χ0n) is 26.7. The van der Waals surface area contributed by atoms with Crippen molar-refractivity contribution >= 4 is 50.7 Å². The molecule has 0 aliphatic heterocycles. The smallest absolute Gasteiger partial charge is 0.264 e. The number of sulfonamides is 1. The minimum atomic E-state index is -4.25. The number of nitrogens with one attached hydrogen (secondary N) is 1. The first-order valence-electron chi connectivity index (χ1n) is 16.0. The molecule has 8 nitrogen and oxygen atoms in total. The fraction of sp³-hybridized carbons (Fsp3) is 0.297. The molecule has 252 valence electrons. The Bertz CT molecular complexity index is 1760. The number of hydrogen-bond acceptors (Lipinski definition) is 5. The van der Waals surface area contributed by atoms with Crippen LogP contribution in [0.15, 0.2) is 108 Å². The molecule has 0 spiro atoms. The van der Waals surface area contributed by atoms with Crippen LogP contribution in [0.3, 0.4) is 0 Å². The van der Waals surface area contributed by atoms with Crippen LogP contribution in [0.4, 0.5) is 5.69 Å². The maximum Gasteiger partial charge on any atom is 0.264 e. The standard InChI is InChI=1S/C37H39Cl2N3O5S/c1-47-30-20-22-31(23-21-30)48(45,46)42(29-16-9-4-10-17-29)26-36(43)41(25-32-33(38)18-11-19-34(32)39)35(24-27-12-5-2-6-13-27)37(44)40-28-14-7-3-8-15-28/h2,4-6,9-13,16-23,28,35H,3,7-8,14-15,24-26H2,1H3,(H,40,44). The van der Waals surface area contributed by atoms with Crippen LogP contribution in [0.1, 0.15) is 43.2 Å². The molecule has 0 bridgehead atoms. The Labute approximate surface area is 292 Å². The van der Waals surface area contributed by atoms with E-state index in [1.165, 1.54) is 24.1 Å². The molecule has 0 saturated heterocycles. The third-order valence-electron chi connectivity index (χ3n) is 8.58. The van der Waals surface area contributed by atoms with E-state index in [9.17, 15) is 18.0 Å². The second-order valence-electron chi connectivity index (χ2n) is 11.8. The lowest BCUT2D eigenvalue weighted by atomic mass is 9.94. The van der Waals surface area contributed by atoms with Gasteiger partial charge >= 0.3 is 0 Å². The van der Waals surface area contributed by atoms with E-state index in [4.69, 9.17) is 27.9 Å². The molecule has 1 saturated carbocycles. The highest BCUT2D eigenvalue weighted by atomic mass is 35.5. The lowest BCUT2D eigenvalue weighted by Crippen LogP contribution is -2.55. The predicted octanol–water partition coefficient (Wildman–Crippen LogP) is 7.29. The Morgan fingerprint density at radius 1 is 0.833 bits per heavy atom. The van der Waals surface area contributed by atoms with Crippen molar-refractivity contribution in [1.29, 1.82) is 0 Å². The number of anilines is 1. The third-order valence-corrected chi connectivity index (χ3v) is 11.1. The second-order valence-corrected chi connectivity index (χ2v) is 14.5. The van der Waals surface area contributed by atoms with Gasteiger partial charge < -0.3 is 15.0 Å². The summed E-state index contributed by atoms with van der Waals surface area (Å²) in [4.78, 5) is 30.3. The van der Waals surface area contributed by atoms with Crippen LogP contribution in [-0.2, 0) is 32.6 Å². The van der Waals surface area contributed by atoms with Crippen LogP contribution < -0.4 is 14.4 Å². The fourth-order valence-electron chi connectivity index (χ4n) is 5.95. The maximum atomic E-state index is 14.7. The van der Waals surface area contributed by atoms with Gasteiger partial charge in [-0.25, -0.2) is 8.42 Å². The summed E-state index contributed by atoms with van der Waals surface area (Å²) in [7, 11) is -2.75. The quantitative estimate of drug-likeness (QED) is 0.158. The van der Waals surface area contributed by atoms with Gasteiger partial charge in [-0.2, -0.15) is 0 Å². The first-order chi connectivity index (χ1) is 23.2. The van der Waals surface area contributed by atoms with Crippen LogP contribution in [0, 0.1) is 0 Å². The zero-order chi connectivity index (χ0) is 34.1. The Morgan fingerprint density at radius 2 is 1.44 bits per heavy atom. The molecule has 1 unspecified atom stereocenters. The summed E-state index contributed by atoms with van der Waals surface area (Å²) in [6.45, 7) is -0.694. The molecule has 1 atom stereocenters. The Hall–Kier alpha value is -4.05. The first-order valence-corrected chi connectivity index (χ1v) is 18.2. The highest BCUT2D eigenvalue weighted by Gasteiger charge is 2.36. The molecule has 1 N–H and O–H groups in total. The highest BCUT2D eigenvalue weighted by molar-refractivity contribution is 7.92. The van der Waals surface area contributed by atoms with E-state index < -0.39 is 28.5 Å². The van der Waals surface area contributed by atoms with Crippen LogP contribution in [0.5, 0.6) is 5.75 Å². The van der Waals surface area contributed by atoms with Crippen molar-refractivity contribution in [2.24, 2.45) is 0 Å². The van der Waals surface area contributed by atoms with Gasteiger partial charge in [-0.15, -0.1) is 0 Å². The van der Waals surface area contributed by atoms with E-state index in [1.54, 1.807) is 60.7 Å². The number of rotatable bonds is 13. The molecule has 1 aliphatic carbocycles. The topological polar surface area (TPSA) is 96.0 Å². The first kappa shape index (κ1) is 35.3. The molecule has 4 aromatic rings. The number of carbonyl (C=O) groups excluding carboxylic acids is 2. The van der Waals surface area contributed by atoms with Gasteiger partial charge in [-0.05, 0) is 66.9 Å². The fourth-order valence-corrected chi connectivity index (χ4v) is 7.88. The second kappa shape index (κ2) is 16.4. The predicted molar refractivity (Wildman–Crippen MR) is 190 cm³/mol. The number of halogens is 2. The number of methoxy groups -OCH3 is 1. The van der Waals surface area contributed by atoms with E-state index in [1.807, 2.05) is 30.3 Å². The minimum Gasteiger partial charge on any atom is -0.497 e. The molecule has 5 rings (SSSR count). The molecule has 1 aliphatic rings. The summed E-state index contributed by atoms with van der Waals surface area (Å²) >= 11 is 13.2. The molecule has 11 heteroatoms. The van der Waals surface area contributed by atoms with Crippen molar-refractivity contribution in [2.45, 2.75) is 62.0 Å². The normalized spacial score (nSPS) is 14.1. The lowest BCUT2D eigenvalue weighted by Gasteiger charge is -2.35. The van der Waals surface area contributed by atoms with Crippen molar-refractivity contribution in [2.75, 3.05) is 18.0 Å². The summed E-state index contributed by atoms with van der Waals surface area (Å²) in [6, 6.07) is 27.9. The molecule has 0 radical (unpaired) electrons. The van der Waals surface area contributed by atoms with Gasteiger partial charge in [0.15, 0.2) is 0 Å². The van der Waals surface area contributed by atoms with Gasteiger partial charge in [-0.1, -0.05) is 97.1 Å². The Morgan fingerprint density at radius 3 is 2.04 bits per heavy atom. The molecule has 0 heterocycles. The van der Waals surface area contributed by atoms with E-state index in [0.29, 0.717) is 27.0 Å². The van der Waals surface area contributed by atoms with Gasteiger partial charge in [0.25, 0.3) is 10.0 Å². The Kier molecular flexibility index (Phi) is 12.0. The number of carbonyl (C=O) groups is 2. The number of ether oxygens (including phenoxy) is 1. The minimum absolute atomic E-state index is 0.0124. The maximum absolute atomic E-state index is 14.7. The molecular formula is C37H39Cl2N3O5S. The summed E-state index contributed by atoms with van der Waals surface area (Å²) < 4.78 is 34.7. The molecule has 4 aromatic carbocycles. The van der Waals surface area contributed by atoms with Gasteiger partial charge in [0, 0.05) is 34.6 Å². The van der Waals surface area contributed by atoms with Crippen molar-refractivity contribution < 1.29 is 22.7 Å². The molecule has 2 amide bonds.